The lowest BCUT2D eigenvalue weighted by atomic mass is 9.97. The first-order valence-corrected chi connectivity index (χ1v) is 14.7. The van der Waals surface area contributed by atoms with Crippen LogP contribution in [0.1, 0.15) is 52.9 Å². The molecular formula is C26H37FN6O3S. The van der Waals surface area contributed by atoms with E-state index < -0.39 is 10.0 Å². The fourth-order valence-electron chi connectivity index (χ4n) is 5.32. The van der Waals surface area contributed by atoms with Crippen LogP contribution in [0.4, 0.5) is 10.2 Å². The molecule has 2 fully saturated rings. The number of aryl methyl sites for hydroxylation is 1. The Morgan fingerprint density at radius 3 is 2.41 bits per heavy atom. The summed E-state index contributed by atoms with van der Waals surface area (Å²) in [5.41, 5.74) is 2.61. The standard InChI is InChI=1S/C26H37FN6O3S/c1-18-15-20(5-6-23(18)27)16-28-25-19(2)24(29-17-30-25)26(34)33-13-9-22(10-14-33)32-11-7-21(8-12-32)31(3)37(4,35)36/h5-6,15,17,21-22H,7-14,16H2,1-4H3,(H,28,29,30). The number of halogens is 1. The number of rotatable bonds is 7. The van der Waals surface area contributed by atoms with E-state index in [1.807, 2.05) is 11.8 Å². The van der Waals surface area contributed by atoms with Crippen molar-refractivity contribution in [3.63, 3.8) is 0 Å². The first kappa shape index (κ1) is 27.4. The van der Waals surface area contributed by atoms with Gasteiger partial charge >= 0.3 is 0 Å². The third-order valence-electron chi connectivity index (χ3n) is 7.77. The lowest BCUT2D eigenvalue weighted by Gasteiger charge is -2.43. The van der Waals surface area contributed by atoms with Gasteiger partial charge in [-0.15, -0.1) is 0 Å². The molecule has 1 N–H and O–H groups in total. The molecule has 0 spiro atoms. The minimum Gasteiger partial charge on any atom is -0.366 e. The van der Waals surface area contributed by atoms with Crippen LogP contribution in [0.3, 0.4) is 0 Å². The predicted molar refractivity (Wildman–Crippen MR) is 141 cm³/mol. The van der Waals surface area contributed by atoms with E-state index in [-0.39, 0.29) is 17.8 Å². The zero-order chi connectivity index (χ0) is 26.7. The molecule has 0 radical (unpaired) electrons. The molecule has 2 aliphatic rings. The van der Waals surface area contributed by atoms with E-state index in [0.29, 0.717) is 48.3 Å². The largest absolute Gasteiger partial charge is 0.366 e. The summed E-state index contributed by atoms with van der Waals surface area (Å²) in [4.78, 5) is 26.2. The molecule has 1 aromatic heterocycles. The smallest absolute Gasteiger partial charge is 0.272 e. The molecule has 202 valence electrons. The lowest BCUT2D eigenvalue weighted by Crippen LogP contribution is -2.52. The van der Waals surface area contributed by atoms with Crippen molar-refractivity contribution in [1.82, 2.24) is 24.1 Å². The van der Waals surface area contributed by atoms with Gasteiger partial charge in [0.05, 0.1) is 6.26 Å². The average Bonchev–Trinajstić information content (AvgIpc) is 2.89. The van der Waals surface area contributed by atoms with Gasteiger partial charge in [0.1, 0.15) is 23.7 Å². The van der Waals surface area contributed by atoms with Crippen LogP contribution in [0.2, 0.25) is 0 Å². The normalized spacial score (nSPS) is 18.4. The SMILES string of the molecule is Cc1cc(CNc2ncnc(C(=O)N3CCC(N4CCC(N(C)S(C)(=O)=O)CC4)CC3)c2C)ccc1F. The molecule has 4 rings (SSSR count). The molecule has 0 bridgehead atoms. The van der Waals surface area contributed by atoms with Crippen molar-refractivity contribution in [1.29, 1.82) is 0 Å². The Morgan fingerprint density at radius 2 is 1.78 bits per heavy atom. The van der Waals surface area contributed by atoms with Crippen molar-refractivity contribution >= 4 is 21.7 Å². The first-order chi connectivity index (χ1) is 17.5. The van der Waals surface area contributed by atoms with Crippen LogP contribution in [0.25, 0.3) is 0 Å². The molecule has 0 aliphatic carbocycles. The van der Waals surface area contributed by atoms with Gasteiger partial charge in [0.15, 0.2) is 0 Å². The average molecular weight is 533 g/mol. The van der Waals surface area contributed by atoms with E-state index in [0.717, 1.165) is 44.3 Å². The second-order valence-corrected chi connectivity index (χ2v) is 12.2. The second-order valence-electron chi connectivity index (χ2n) is 10.2. The number of hydrogen-bond acceptors (Lipinski definition) is 7. The highest BCUT2D eigenvalue weighted by atomic mass is 32.2. The summed E-state index contributed by atoms with van der Waals surface area (Å²) in [6, 6.07) is 5.43. The molecule has 0 saturated carbocycles. The maximum Gasteiger partial charge on any atom is 0.272 e. The molecular weight excluding hydrogens is 495 g/mol. The third-order valence-corrected chi connectivity index (χ3v) is 9.12. The van der Waals surface area contributed by atoms with Gasteiger partial charge in [0, 0.05) is 44.3 Å². The zero-order valence-electron chi connectivity index (χ0n) is 22.1. The van der Waals surface area contributed by atoms with Crippen molar-refractivity contribution in [2.45, 2.75) is 58.2 Å². The van der Waals surface area contributed by atoms with Gasteiger partial charge < -0.3 is 15.1 Å². The van der Waals surface area contributed by atoms with Crippen LogP contribution < -0.4 is 5.32 Å². The number of anilines is 1. The minimum atomic E-state index is -3.17. The molecule has 1 aromatic carbocycles. The van der Waals surface area contributed by atoms with E-state index in [1.54, 1.807) is 26.1 Å². The molecule has 0 unspecified atom stereocenters. The Kier molecular flexibility index (Phi) is 8.45. The van der Waals surface area contributed by atoms with E-state index in [2.05, 4.69) is 20.2 Å². The number of nitrogens with one attached hydrogen (secondary N) is 1. The van der Waals surface area contributed by atoms with Gasteiger partial charge in [-0.2, -0.15) is 0 Å². The van der Waals surface area contributed by atoms with Crippen molar-refractivity contribution in [3.8, 4) is 0 Å². The van der Waals surface area contributed by atoms with E-state index in [1.165, 1.54) is 23.0 Å². The van der Waals surface area contributed by atoms with Crippen LogP contribution >= 0.6 is 0 Å². The highest BCUT2D eigenvalue weighted by Crippen LogP contribution is 2.25. The molecule has 11 heteroatoms. The Hall–Kier alpha value is -2.63. The summed E-state index contributed by atoms with van der Waals surface area (Å²) in [5, 5.41) is 3.25. The van der Waals surface area contributed by atoms with Crippen LogP contribution in [0, 0.1) is 19.7 Å². The summed E-state index contributed by atoms with van der Waals surface area (Å²) in [6.07, 6.45) is 6.10. The number of amides is 1. The molecule has 2 aliphatic heterocycles. The number of sulfonamides is 1. The van der Waals surface area contributed by atoms with Crippen LogP contribution in [0.15, 0.2) is 24.5 Å². The highest BCUT2D eigenvalue weighted by molar-refractivity contribution is 7.88. The number of benzene rings is 1. The molecule has 2 saturated heterocycles. The summed E-state index contributed by atoms with van der Waals surface area (Å²) in [7, 11) is -1.51. The number of hydrogen-bond donors (Lipinski definition) is 1. The number of piperidine rings is 2. The van der Waals surface area contributed by atoms with Crippen LogP contribution in [0.5, 0.6) is 0 Å². The van der Waals surface area contributed by atoms with Crippen LogP contribution in [-0.2, 0) is 16.6 Å². The number of carbonyl (C=O) groups excluding carboxylic acids is 1. The number of nitrogens with zero attached hydrogens (tertiary/aromatic N) is 5. The Labute approximate surface area is 219 Å². The van der Waals surface area contributed by atoms with E-state index in [4.69, 9.17) is 0 Å². The quantitative estimate of drug-likeness (QED) is 0.586. The summed E-state index contributed by atoms with van der Waals surface area (Å²) < 4.78 is 38.7. The Bertz CT molecular complexity index is 1220. The molecule has 1 amide bonds. The molecule has 0 atom stereocenters. The maximum absolute atomic E-state index is 13.6. The zero-order valence-corrected chi connectivity index (χ0v) is 22.9. The monoisotopic (exact) mass is 532 g/mol. The first-order valence-electron chi connectivity index (χ1n) is 12.8. The third kappa shape index (κ3) is 6.45. The van der Waals surface area contributed by atoms with Crippen molar-refractivity contribution in [2.75, 3.05) is 44.8 Å². The van der Waals surface area contributed by atoms with Crippen molar-refractivity contribution < 1.29 is 17.6 Å². The maximum atomic E-state index is 13.6. The second kappa shape index (κ2) is 11.4. The van der Waals surface area contributed by atoms with Crippen molar-refractivity contribution in [2.24, 2.45) is 0 Å². The number of likely N-dealkylation sites (tertiary alicyclic amines) is 2. The van der Waals surface area contributed by atoms with E-state index >= 15 is 0 Å². The molecule has 9 nitrogen and oxygen atoms in total. The topological polar surface area (TPSA) is 98.7 Å². The lowest BCUT2D eigenvalue weighted by molar-refractivity contribution is 0.0542. The molecule has 37 heavy (non-hydrogen) atoms. The Balaban J connectivity index is 1.31. The van der Waals surface area contributed by atoms with Crippen molar-refractivity contribution in [3.05, 3.63) is 52.7 Å². The van der Waals surface area contributed by atoms with E-state index in [9.17, 15) is 17.6 Å². The molecule has 2 aromatic rings. The summed E-state index contributed by atoms with van der Waals surface area (Å²) in [6.45, 7) is 7.11. The number of carbonyl (C=O) groups is 1. The Morgan fingerprint density at radius 1 is 1.11 bits per heavy atom. The number of aromatic nitrogens is 2. The van der Waals surface area contributed by atoms with Gasteiger partial charge in [-0.25, -0.2) is 27.1 Å². The van der Waals surface area contributed by atoms with Gasteiger partial charge in [-0.05, 0) is 69.8 Å². The fourth-order valence-corrected chi connectivity index (χ4v) is 6.07. The van der Waals surface area contributed by atoms with Gasteiger partial charge in [-0.1, -0.05) is 12.1 Å². The van der Waals surface area contributed by atoms with Gasteiger partial charge in [0.25, 0.3) is 5.91 Å². The van der Waals surface area contributed by atoms with Gasteiger partial charge in [-0.3, -0.25) is 4.79 Å². The summed E-state index contributed by atoms with van der Waals surface area (Å²) in [5.74, 6) is 0.271. The van der Waals surface area contributed by atoms with Crippen LogP contribution in [-0.4, -0.2) is 90.0 Å². The molecule has 3 heterocycles. The minimum absolute atomic E-state index is 0.0588. The van der Waals surface area contributed by atoms with Gasteiger partial charge in [0.2, 0.25) is 10.0 Å². The predicted octanol–water partition coefficient (Wildman–Crippen LogP) is 2.81. The summed E-state index contributed by atoms with van der Waals surface area (Å²) >= 11 is 0. The highest BCUT2D eigenvalue weighted by Gasteiger charge is 2.33. The fraction of sp³-hybridized carbons (Fsp3) is 0.577.